The number of halogens is 3. The summed E-state index contributed by atoms with van der Waals surface area (Å²) in [5.41, 5.74) is 0.729. The van der Waals surface area contributed by atoms with Crippen molar-refractivity contribution < 1.29 is 23.0 Å². The van der Waals surface area contributed by atoms with Gasteiger partial charge in [0, 0.05) is 0 Å². The summed E-state index contributed by atoms with van der Waals surface area (Å²) in [7, 11) is 0. The van der Waals surface area contributed by atoms with Gasteiger partial charge in [0.1, 0.15) is 5.75 Å². The van der Waals surface area contributed by atoms with Gasteiger partial charge in [0.25, 0.3) is 0 Å². The molecular formula is C13H17F3O2. The summed E-state index contributed by atoms with van der Waals surface area (Å²) in [5.74, 6) is -0.218. The summed E-state index contributed by atoms with van der Waals surface area (Å²) in [6.07, 6.45) is -2.39. The highest BCUT2D eigenvalue weighted by molar-refractivity contribution is 5.28. The quantitative estimate of drug-likeness (QED) is 0.847. The Labute approximate surface area is 104 Å². The Kier molecular flexibility index (Phi) is 5.47. The molecule has 1 atom stereocenters. The number of hydrogen-bond acceptors (Lipinski definition) is 2. The van der Waals surface area contributed by atoms with Crippen molar-refractivity contribution in [2.24, 2.45) is 0 Å². The molecule has 102 valence electrons. The van der Waals surface area contributed by atoms with Gasteiger partial charge in [0.15, 0.2) is 0 Å². The molecule has 0 saturated carbocycles. The molecule has 1 N–H and O–H groups in total. The first-order valence-corrected chi connectivity index (χ1v) is 5.93. The van der Waals surface area contributed by atoms with Crippen LogP contribution in [0.2, 0.25) is 0 Å². The Morgan fingerprint density at radius 2 is 2.00 bits per heavy atom. The monoisotopic (exact) mass is 262 g/mol. The standard InChI is InChI=1S/C13H17F3O2/c1-2-4-11(17)8-7-10-5-3-6-12(9-10)18-13(14,15)16/h3,5-6,9,11,17H,2,4,7-8H2,1H3. The van der Waals surface area contributed by atoms with Crippen LogP contribution in [0.1, 0.15) is 31.7 Å². The van der Waals surface area contributed by atoms with E-state index in [9.17, 15) is 18.3 Å². The van der Waals surface area contributed by atoms with E-state index < -0.39 is 12.5 Å². The van der Waals surface area contributed by atoms with Gasteiger partial charge in [-0.25, -0.2) is 0 Å². The van der Waals surface area contributed by atoms with Crippen LogP contribution < -0.4 is 4.74 Å². The van der Waals surface area contributed by atoms with Crippen LogP contribution in [0.3, 0.4) is 0 Å². The molecule has 1 aromatic rings. The number of benzene rings is 1. The minimum Gasteiger partial charge on any atom is -0.406 e. The van der Waals surface area contributed by atoms with E-state index in [2.05, 4.69) is 4.74 Å². The molecule has 0 aliphatic heterocycles. The van der Waals surface area contributed by atoms with E-state index in [1.807, 2.05) is 6.92 Å². The van der Waals surface area contributed by atoms with Gasteiger partial charge in [-0.1, -0.05) is 25.5 Å². The Balaban J connectivity index is 2.54. The Hall–Kier alpha value is -1.23. The topological polar surface area (TPSA) is 29.5 Å². The summed E-state index contributed by atoms with van der Waals surface area (Å²) >= 11 is 0. The minimum atomic E-state index is -4.67. The number of ether oxygens (including phenoxy) is 1. The van der Waals surface area contributed by atoms with Crippen LogP contribution in [0.15, 0.2) is 24.3 Å². The van der Waals surface area contributed by atoms with Crippen molar-refractivity contribution in [1.29, 1.82) is 0 Å². The van der Waals surface area contributed by atoms with Gasteiger partial charge in [-0.2, -0.15) is 0 Å². The third-order valence-electron chi connectivity index (χ3n) is 2.52. The van der Waals surface area contributed by atoms with Crippen molar-refractivity contribution in [3.8, 4) is 5.75 Å². The largest absolute Gasteiger partial charge is 0.573 e. The molecule has 0 aliphatic carbocycles. The molecule has 0 bridgehead atoms. The highest BCUT2D eigenvalue weighted by Gasteiger charge is 2.31. The van der Waals surface area contributed by atoms with Gasteiger partial charge in [-0.3, -0.25) is 0 Å². The maximum Gasteiger partial charge on any atom is 0.573 e. The van der Waals surface area contributed by atoms with E-state index in [1.54, 1.807) is 6.07 Å². The molecule has 1 rings (SSSR count). The second-order valence-electron chi connectivity index (χ2n) is 4.18. The van der Waals surface area contributed by atoms with Crippen LogP contribution in [0, 0.1) is 0 Å². The van der Waals surface area contributed by atoms with Gasteiger partial charge in [-0.05, 0) is 37.0 Å². The fourth-order valence-electron chi connectivity index (χ4n) is 1.71. The molecular weight excluding hydrogens is 245 g/mol. The van der Waals surface area contributed by atoms with Crippen LogP contribution in [-0.4, -0.2) is 17.6 Å². The second kappa shape index (κ2) is 6.64. The van der Waals surface area contributed by atoms with E-state index in [1.165, 1.54) is 18.2 Å². The van der Waals surface area contributed by atoms with Crippen LogP contribution >= 0.6 is 0 Å². The average molecular weight is 262 g/mol. The number of rotatable bonds is 6. The van der Waals surface area contributed by atoms with Crippen molar-refractivity contribution in [2.75, 3.05) is 0 Å². The van der Waals surface area contributed by atoms with Gasteiger partial charge in [-0.15, -0.1) is 13.2 Å². The molecule has 2 nitrogen and oxygen atoms in total. The fourth-order valence-corrected chi connectivity index (χ4v) is 1.71. The SMILES string of the molecule is CCCC(O)CCc1cccc(OC(F)(F)F)c1. The Bertz CT molecular complexity index is 363. The maximum atomic E-state index is 12.0. The second-order valence-corrected chi connectivity index (χ2v) is 4.18. The molecule has 0 heterocycles. The lowest BCUT2D eigenvalue weighted by Crippen LogP contribution is -2.17. The van der Waals surface area contributed by atoms with Crippen LogP contribution in [0.5, 0.6) is 5.75 Å². The molecule has 0 amide bonds. The third-order valence-corrected chi connectivity index (χ3v) is 2.52. The molecule has 1 aromatic carbocycles. The van der Waals surface area contributed by atoms with E-state index >= 15 is 0 Å². The maximum absolute atomic E-state index is 12.0. The van der Waals surface area contributed by atoms with Crippen LogP contribution in [0.4, 0.5) is 13.2 Å². The first kappa shape index (κ1) is 14.8. The normalized spacial score (nSPS) is 13.4. The molecule has 1 unspecified atom stereocenters. The Morgan fingerprint density at radius 1 is 1.28 bits per heavy atom. The third kappa shape index (κ3) is 5.91. The Morgan fingerprint density at radius 3 is 2.61 bits per heavy atom. The lowest BCUT2D eigenvalue weighted by molar-refractivity contribution is -0.274. The van der Waals surface area contributed by atoms with E-state index in [4.69, 9.17) is 0 Å². The number of hydrogen-bond donors (Lipinski definition) is 1. The van der Waals surface area contributed by atoms with Crippen LogP contribution in [-0.2, 0) is 6.42 Å². The zero-order valence-corrected chi connectivity index (χ0v) is 10.2. The van der Waals surface area contributed by atoms with Gasteiger partial charge >= 0.3 is 6.36 Å². The molecule has 0 spiro atoms. The fraction of sp³-hybridized carbons (Fsp3) is 0.538. The van der Waals surface area contributed by atoms with E-state index in [-0.39, 0.29) is 5.75 Å². The summed E-state index contributed by atoms with van der Waals surface area (Å²) in [6, 6.07) is 5.86. The first-order chi connectivity index (χ1) is 8.40. The molecule has 0 aliphatic rings. The van der Waals surface area contributed by atoms with Crippen molar-refractivity contribution in [3.05, 3.63) is 29.8 Å². The number of alkyl halides is 3. The first-order valence-electron chi connectivity index (χ1n) is 5.93. The van der Waals surface area contributed by atoms with Gasteiger partial charge < -0.3 is 9.84 Å². The predicted octanol–water partition coefficient (Wildman–Crippen LogP) is 3.68. The lowest BCUT2D eigenvalue weighted by Gasteiger charge is -2.11. The summed E-state index contributed by atoms with van der Waals surface area (Å²) < 4.78 is 39.9. The summed E-state index contributed by atoms with van der Waals surface area (Å²) in [6.45, 7) is 1.97. The van der Waals surface area contributed by atoms with Crippen molar-refractivity contribution in [1.82, 2.24) is 0 Å². The van der Waals surface area contributed by atoms with Gasteiger partial charge in [0.05, 0.1) is 6.10 Å². The van der Waals surface area contributed by atoms with Crippen molar-refractivity contribution >= 4 is 0 Å². The number of aliphatic hydroxyl groups is 1. The van der Waals surface area contributed by atoms with Crippen LogP contribution in [0.25, 0.3) is 0 Å². The average Bonchev–Trinajstić information content (AvgIpc) is 2.25. The molecule has 0 saturated heterocycles. The molecule has 5 heteroatoms. The van der Waals surface area contributed by atoms with Crippen molar-refractivity contribution in [2.45, 2.75) is 45.1 Å². The van der Waals surface area contributed by atoms with E-state index in [0.29, 0.717) is 19.3 Å². The summed E-state index contributed by atoms with van der Waals surface area (Å²) in [4.78, 5) is 0. The molecule has 0 radical (unpaired) electrons. The van der Waals surface area contributed by atoms with Gasteiger partial charge in [0.2, 0.25) is 0 Å². The molecule has 0 fully saturated rings. The number of aryl methyl sites for hydroxylation is 1. The smallest absolute Gasteiger partial charge is 0.406 e. The predicted molar refractivity (Wildman–Crippen MR) is 62.4 cm³/mol. The number of aliphatic hydroxyl groups excluding tert-OH is 1. The zero-order chi connectivity index (χ0) is 13.6. The van der Waals surface area contributed by atoms with E-state index in [0.717, 1.165) is 12.0 Å². The highest BCUT2D eigenvalue weighted by Crippen LogP contribution is 2.23. The molecule has 0 aromatic heterocycles. The molecule has 18 heavy (non-hydrogen) atoms. The minimum absolute atomic E-state index is 0.218. The lowest BCUT2D eigenvalue weighted by atomic mass is 10.0. The summed E-state index contributed by atoms with van der Waals surface area (Å²) in [5, 5.41) is 9.55. The highest BCUT2D eigenvalue weighted by atomic mass is 19.4. The zero-order valence-electron chi connectivity index (χ0n) is 10.2. The van der Waals surface area contributed by atoms with Crippen molar-refractivity contribution in [3.63, 3.8) is 0 Å².